The summed E-state index contributed by atoms with van der Waals surface area (Å²) in [7, 11) is 4.64. The van der Waals surface area contributed by atoms with Crippen molar-refractivity contribution in [3.63, 3.8) is 0 Å². The van der Waals surface area contributed by atoms with Crippen LogP contribution in [0.5, 0.6) is 0 Å². The fourth-order valence-electron chi connectivity index (χ4n) is 10.6. The van der Waals surface area contributed by atoms with Gasteiger partial charge >= 0.3 is 24.0 Å². The molecule has 2 fully saturated rings. The second-order valence-corrected chi connectivity index (χ2v) is 25.4. The molecule has 0 heterocycles. The van der Waals surface area contributed by atoms with E-state index in [1.54, 1.807) is 47.1 Å². The van der Waals surface area contributed by atoms with Crippen LogP contribution in [0.2, 0.25) is 0 Å². The summed E-state index contributed by atoms with van der Waals surface area (Å²) in [5.74, 6) is -4.81. The monoisotopic (exact) mass is 1580 g/mol. The summed E-state index contributed by atoms with van der Waals surface area (Å²) in [6, 6.07) is 0. The third kappa shape index (κ3) is 61.1. The number of carbonyl (C=O) groups excluding carboxylic acids is 4. The number of ether oxygens (including phenoxy) is 28. The highest BCUT2D eigenvalue weighted by Crippen LogP contribution is 2.46. The van der Waals surface area contributed by atoms with Gasteiger partial charge in [-0.25, -0.2) is 4.79 Å². The van der Waals surface area contributed by atoms with Crippen molar-refractivity contribution in [2.24, 2.45) is 41.4 Å². The van der Waals surface area contributed by atoms with Gasteiger partial charge in [-0.1, -0.05) is 30.4 Å². The Hall–Kier alpha value is -4.06. The van der Waals surface area contributed by atoms with Crippen molar-refractivity contribution in [2.75, 3.05) is 345 Å². The number of nitrogens with one attached hydrogen (secondary N) is 1. The van der Waals surface area contributed by atoms with E-state index in [1.165, 1.54) is 7.11 Å². The van der Waals surface area contributed by atoms with E-state index in [1.807, 2.05) is 18.2 Å². The first-order valence-corrected chi connectivity index (χ1v) is 38.5. The highest BCUT2D eigenvalue weighted by Gasteiger charge is 2.51. The van der Waals surface area contributed by atoms with Crippen LogP contribution in [0.3, 0.4) is 0 Å². The molecular formula is C76H137NO32. The molecule has 0 aromatic rings. The number of hydrogen-bond donors (Lipinski definition) is 1. The van der Waals surface area contributed by atoms with E-state index in [0.717, 1.165) is 0 Å². The molecule has 0 aromatic heterocycles. The van der Waals surface area contributed by atoms with Gasteiger partial charge in [0.15, 0.2) is 0 Å². The summed E-state index contributed by atoms with van der Waals surface area (Å²) < 4.78 is 154. The van der Waals surface area contributed by atoms with Crippen molar-refractivity contribution >= 4 is 24.0 Å². The van der Waals surface area contributed by atoms with Crippen LogP contribution < -0.4 is 5.32 Å². The van der Waals surface area contributed by atoms with Crippen LogP contribution in [-0.2, 0) is 147 Å². The summed E-state index contributed by atoms with van der Waals surface area (Å²) in [6.45, 7) is 28.9. The lowest BCUT2D eigenvalue weighted by Gasteiger charge is -2.23. The molecule has 0 bridgehead atoms. The zero-order valence-corrected chi connectivity index (χ0v) is 66.5. The highest BCUT2D eigenvalue weighted by atomic mass is 16.6. The zero-order valence-electron chi connectivity index (χ0n) is 66.5. The Morgan fingerprint density at radius 1 is 0.312 bits per heavy atom. The molecule has 2 saturated carbocycles. The quantitative estimate of drug-likeness (QED) is 0.0385. The zero-order chi connectivity index (χ0) is 78.7. The van der Waals surface area contributed by atoms with Crippen molar-refractivity contribution in [3.8, 4) is 0 Å². The van der Waals surface area contributed by atoms with Gasteiger partial charge in [0.25, 0.3) is 0 Å². The standard InChI is InChI=1S/C76H137NO32/c1-8-66-62-65(63-69(66)72(78)84-7)11-12-68-64-67(10-9-13-77-75(81)109-76(2,3)4)70(73(79)107-60-58-105-56-54-103-52-50-101-48-46-99-44-42-97-40-38-95-36-34-93-32-30-91-28-26-89-24-22-87-20-18-85-16-14-82-5)71(68)74(80)108-61-59-106-57-55-104-53-51-102-49-47-100-45-43-98-41-39-96-37-35-94-33-31-92-29-27-90-25-23-88-21-19-86-17-15-83-6/h8-12,65-71H,1,13-64H2,2-7H3,(H,77,81)/b10-9+,12-11+. The van der Waals surface area contributed by atoms with E-state index in [0.29, 0.717) is 284 Å². The second kappa shape index (κ2) is 75.3. The maximum atomic E-state index is 14.3. The van der Waals surface area contributed by atoms with Gasteiger partial charge in [0.2, 0.25) is 0 Å². The Bertz CT molecular complexity index is 2150. The van der Waals surface area contributed by atoms with Crippen LogP contribution in [0.15, 0.2) is 37.0 Å². The van der Waals surface area contributed by atoms with E-state index in [9.17, 15) is 19.2 Å². The fraction of sp³-hybridized carbons (Fsp3) is 0.868. The number of allylic oxidation sites excluding steroid dienone is 4. The summed E-state index contributed by atoms with van der Waals surface area (Å²) in [5.41, 5.74) is -0.704. The molecule has 638 valence electrons. The lowest BCUT2D eigenvalue weighted by atomic mass is 9.86. The van der Waals surface area contributed by atoms with Gasteiger partial charge in [-0.05, 0) is 63.7 Å². The topological polar surface area (TPSA) is 339 Å². The van der Waals surface area contributed by atoms with Crippen LogP contribution in [0.1, 0.15) is 40.0 Å². The summed E-state index contributed by atoms with van der Waals surface area (Å²) >= 11 is 0. The Labute approximate surface area is 647 Å². The van der Waals surface area contributed by atoms with Crippen molar-refractivity contribution in [2.45, 2.75) is 45.6 Å². The van der Waals surface area contributed by atoms with Gasteiger partial charge < -0.3 is 138 Å². The Morgan fingerprint density at radius 3 is 0.798 bits per heavy atom. The van der Waals surface area contributed by atoms with E-state index in [4.69, 9.17) is 133 Å². The van der Waals surface area contributed by atoms with Gasteiger partial charge in [0.1, 0.15) is 18.8 Å². The molecule has 1 N–H and O–H groups in total. The van der Waals surface area contributed by atoms with Gasteiger partial charge in [-0.2, -0.15) is 0 Å². The van der Waals surface area contributed by atoms with Crippen LogP contribution >= 0.6 is 0 Å². The minimum Gasteiger partial charge on any atom is -0.469 e. The van der Waals surface area contributed by atoms with E-state index in [2.05, 4.69) is 11.9 Å². The predicted molar refractivity (Wildman–Crippen MR) is 397 cm³/mol. The third-order valence-electron chi connectivity index (χ3n) is 15.9. The molecule has 0 saturated heterocycles. The largest absolute Gasteiger partial charge is 0.469 e. The number of alkyl carbamates (subject to hydrolysis) is 1. The molecule has 109 heavy (non-hydrogen) atoms. The fourth-order valence-corrected chi connectivity index (χ4v) is 10.6. The first-order valence-electron chi connectivity index (χ1n) is 38.5. The minimum absolute atomic E-state index is 0.0139. The predicted octanol–water partition coefficient (Wildman–Crippen LogP) is 4.24. The normalized spacial score (nSPS) is 18.0. The Kier molecular flexibility index (Phi) is 69.8. The van der Waals surface area contributed by atoms with Crippen LogP contribution in [0.25, 0.3) is 0 Å². The Balaban J connectivity index is 1.65. The van der Waals surface area contributed by atoms with E-state index < -0.39 is 47.3 Å². The second-order valence-electron chi connectivity index (χ2n) is 25.4. The van der Waals surface area contributed by atoms with Gasteiger partial charge in [-0.3, -0.25) is 14.4 Å². The number of hydrogen-bond acceptors (Lipinski definition) is 32. The SMILES string of the molecule is C=CC1CC(/C=C/C2CC(/C=C/CNC(=O)OC(C)(C)C)C(C(=O)OCCOCCOCCOCCOCCOCCOCCOCCOCCOCCOCCOCCOC)C2C(=O)OCCOCCOCCOCCOCCOCCOCCOCCOCCOCCOCCOCCOC)CC1C(=O)OC. The molecule has 2 aliphatic rings. The van der Waals surface area contributed by atoms with Crippen LogP contribution in [-0.4, -0.2) is 375 Å². The number of esters is 3. The molecule has 2 rings (SSSR count). The Morgan fingerprint density at radius 2 is 0.560 bits per heavy atom. The smallest absolute Gasteiger partial charge is 0.407 e. The number of amides is 1. The summed E-state index contributed by atoms with van der Waals surface area (Å²) in [4.78, 5) is 53.8. The molecule has 7 atom stereocenters. The first kappa shape index (κ1) is 101. The molecule has 0 spiro atoms. The van der Waals surface area contributed by atoms with Crippen molar-refractivity contribution in [3.05, 3.63) is 37.0 Å². The lowest BCUT2D eigenvalue weighted by molar-refractivity contribution is -0.162. The van der Waals surface area contributed by atoms with E-state index >= 15 is 0 Å². The molecule has 0 aromatic carbocycles. The minimum atomic E-state index is -0.962. The van der Waals surface area contributed by atoms with E-state index in [-0.39, 0.29) is 83.1 Å². The average molecular weight is 1580 g/mol. The van der Waals surface area contributed by atoms with Gasteiger partial charge in [0.05, 0.1) is 329 Å². The summed E-state index contributed by atoms with van der Waals surface area (Å²) in [5, 5.41) is 2.72. The molecule has 1 amide bonds. The van der Waals surface area contributed by atoms with Gasteiger partial charge in [0, 0.05) is 20.8 Å². The molecule has 33 heteroatoms. The number of carbonyl (C=O) groups is 4. The third-order valence-corrected chi connectivity index (χ3v) is 15.9. The van der Waals surface area contributed by atoms with Crippen LogP contribution in [0, 0.1) is 41.4 Å². The van der Waals surface area contributed by atoms with Crippen molar-refractivity contribution in [1.82, 2.24) is 5.32 Å². The maximum absolute atomic E-state index is 14.3. The average Bonchev–Trinajstić information content (AvgIpc) is 1.64. The molecule has 0 aliphatic heterocycles. The van der Waals surface area contributed by atoms with Gasteiger partial charge in [-0.15, -0.1) is 6.58 Å². The molecule has 2 aliphatic carbocycles. The van der Waals surface area contributed by atoms with Crippen LogP contribution in [0.4, 0.5) is 4.79 Å². The first-order chi connectivity index (χ1) is 53.4. The lowest BCUT2D eigenvalue weighted by Crippen LogP contribution is -2.35. The molecular weight excluding hydrogens is 1440 g/mol. The maximum Gasteiger partial charge on any atom is 0.407 e. The summed E-state index contributed by atoms with van der Waals surface area (Å²) in [6.07, 6.45) is 10.3. The molecule has 0 radical (unpaired) electrons. The van der Waals surface area contributed by atoms with Crippen molar-refractivity contribution < 1.29 is 152 Å². The molecule has 33 nitrogen and oxygen atoms in total. The number of methoxy groups -OCH3 is 3. The highest BCUT2D eigenvalue weighted by molar-refractivity contribution is 5.84. The molecule has 7 unspecified atom stereocenters. The van der Waals surface area contributed by atoms with Crippen molar-refractivity contribution in [1.29, 1.82) is 0 Å². The number of rotatable bonds is 81.